The molecule has 1 aromatic heterocycles. The monoisotopic (exact) mass is 459 g/mol. The minimum Gasteiger partial charge on any atom is -0.508 e. The molecule has 0 unspecified atom stereocenters. The van der Waals surface area contributed by atoms with Crippen molar-refractivity contribution < 1.29 is 24.2 Å². The zero-order valence-corrected chi connectivity index (χ0v) is 18.9. The lowest BCUT2D eigenvalue weighted by Crippen LogP contribution is -2.44. The van der Waals surface area contributed by atoms with Crippen LogP contribution in [0.2, 0.25) is 0 Å². The highest BCUT2D eigenvalue weighted by atomic mass is 16.5. The molecule has 3 aromatic rings. The van der Waals surface area contributed by atoms with E-state index in [-0.39, 0.29) is 11.8 Å². The zero-order valence-electron chi connectivity index (χ0n) is 18.9. The van der Waals surface area contributed by atoms with Crippen LogP contribution in [0.3, 0.4) is 0 Å². The molecule has 8 nitrogen and oxygen atoms in total. The molecule has 0 radical (unpaired) electrons. The SMILES string of the molecule is CC(C)NC(=O)NC(=O)COC(=O)c1c2c(nc3ccccc13)/C(=C/c1ccc(O)cc1)CC2. The van der Waals surface area contributed by atoms with Gasteiger partial charge in [0, 0.05) is 11.4 Å². The van der Waals surface area contributed by atoms with Gasteiger partial charge < -0.3 is 15.2 Å². The van der Waals surface area contributed by atoms with E-state index in [1.807, 2.05) is 36.4 Å². The molecule has 8 heteroatoms. The van der Waals surface area contributed by atoms with Crippen molar-refractivity contribution in [2.75, 3.05) is 6.61 Å². The van der Waals surface area contributed by atoms with Gasteiger partial charge in [0.25, 0.3) is 5.91 Å². The largest absolute Gasteiger partial charge is 0.508 e. The number of amides is 3. The number of esters is 1. The van der Waals surface area contributed by atoms with Crippen molar-refractivity contribution in [1.29, 1.82) is 0 Å². The third-order valence-electron chi connectivity index (χ3n) is 5.39. The van der Waals surface area contributed by atoms with Crippen molar-refractivity contribution in [2.24, 2.45) is 0 Å². The third kappa shape index (κ3) is 5.06. The number of phenols is 1. The van der Waals surface area contributed by atoms with Crippen LogP contribution in [0.1, 0.15) is 47.4 Å². The van der Waals surface area contributed by atoms with Gasteiger partial charge in [0.15, 0.2) is 6.61 Å². The fourth-order valence-corrected chi connectivity index (χ4v) is 3.95. The van der Waals surface area contributed by atoms with Gasteiger partial charge in [-0.05, 0) is 67.7 Å². The Labute approximate surface area is 196 Å². The normalized spacial score (nSPS) is 13.7. The van der Waals surface area contributed by atoms with Crippen LogP contribution in [-0.4, -0.2) is 40.6 Å². The summed E-state index contributed by atoms with van der Waals surface area (Å²) in [4.78, 5) is 41.7. The van der Waals surface area contributed by atoms with Crippen molar-refractivity contribution in [1.82, 2.24) is 15.6 Å². The summed E-state index contributed by atoms with van der Waals surface area (Å²) in [7, 11) is 0. The molecule has 3 amide bonds. The number of pyridine rings is 1. The van der Waals surface area contributed by atoms with E-state index in [4.69, 9.17) is 9.72 Å². The maximum atomic E-state index is 13.1. The summed E-state index contributed by atoms with van der Waals surface area (Å²) < 4.78 is 5.29. The van der Waals surface area contributed by atoms with E-state index in [1.54, 1.807) is 32.0 Å². The maximum Gasteiger partial charge on any atom is 0.339 e. The van der Waals surface area contributed by atoms with E-state index in [0.717, 1.165) is 22.4 Å². The predicted molar refractivity (Wildman–Crippen MR) is 128 cm³/mol. The Balaban J connectivity index is 1.62. The molecule has 1 aliphatic rings. The van der Waals surface area contributed by atoms with Crippen LogP contribution in [0.25, 0.3) is 22.6 Å². The standard InChI is InChI=1S/C26H25N3O5/c1-15(2)27-26(33)29-22(31)14-34-25(32)23-19-5-3-4-6-21(19)28-24-17(9-12-20(23)24)13-16-7-10-18(30)11-8-16/h3-8,10-11,13,15,30H,9,12,14H2,1-2H3,(H2,27,29,31,33)/b17-13+. The van der Waals surface area contributed by atoms with E-state index in [9.17, 15) is 19.5 Å². The number of carbonyl (C=O) groups is 3. The first-order valence-corrected chi connectivity index (χ1v) is 11.0. The number of hydrogen-bond donors (Lipinski definition) is 3. The van der Waals surface area contributed by atoms with Crippen molar-refractivity contribution in [3.8, 4) is 5.75 Å². The Morgan fingerprint density at radius 3 is 2.56 bits per heavy atom. The molecule has 0 spiro atoms. The summed E-state index contributed by atoms with van der Waals surface area (Å²) in [5.74, 6) is -1.16. The van der Waals surface area contributed by atoms with Gasteiger partial charge in [0.1, 0.15) is 5.75 Å². The van der Waals surface area contributed by atoms with Gasteiger partial charge in [-0.3, -0.25) is 10.1 Å². The minimum absolute atomic E-state index is 0.134. The van der Waals surface area contributed by atoms with Gasteiger partial charge in [-0.25, -0.2) is 14.6 Å². The van der Waals surface area contributed by atoms with Crippen LogP contribution in [-0.2, 0) is 16.0 Å². The third-order valence-corrected chi connectivity index (χ3v) is 5.39. The van der Waals surface area contributed by atoms with Crippen molar-refractivity contribution in [3.63, 3.8) is 0 Å². The summed E-state index contributed by atoms with van der Waals surface area (Å²) in [5, 5.41) is 14.9. The topological polar surface area (TPSA) is 118 Å². The van der Waals surface area contributed by atoms with Gasteiger partial charge in [-0.15, -0.1) is 0 Å². The number of allylic oxidation sites excluding steroid dienone is 1. The second-order valence-electron chi connectivity index (χ2n) is 8.34. The lowest BCUT2D eigenvalue weighted by molar-refractivity contribution is -0.123. The van der Waals surface area contributed by atoms with E-state index in [2.05, 4.69) is 10.6 Å². The van der Waals surface area contributed by atoms with Crippen LogP contribution < -0.4 is 10.6 Å². The molecule has 0 saturated carbocycles. The summed E-state index contributed by atoms with van der Waals surface area (Å²) in [6, 6.07) is 13.4. The molecular weight excluding hydrogens is 434 g/mol. The summed E-state index contributed by atoms with van der Waals surface area (Å²) in [6.45, 7) is 2.96. The molecule has 3 N–H and O–H groups in total. The second-order valence-corrected chi connectivity index (χ2v) is 8.34. The Morgan fingerprint density at radius 1 is 1.09 bits per heavy atom. The highest BCUT2D eigenvalue weighted by molar-refractivity contribution is 6.08. The van der Waals surface area contributed by atoms with E-state index in [0.29, 0.717) is 29.3 Å². The first-order valence-electron chi connectivity index (χ1n) is 11.0. The van der Waals surface area contributed by atoms with E-state index < -0.39 is 24.5 Å². The quantitative estimate of drug-likeness (QED) is 0.500. The molecule has 0 fully saturated rings. The molecule has 0 aliphatic heterocycles. The van der Waals surface area contributed by atoms with E-state index >= 15 is 0 Å². The molecule has 1 aliphatic carbocycles. The number of ether oxygens (including phenoxy) is 1. The number of para-hydroxylation sites is 1. The molecule has 0 bridgehead atoms. The number of rotatable bonds is 5. The number of urea groups is 1. The molecule has 0 atom stereocenters. The number of carbonyl (C=O) groups excluding carboxylic acids is 3. The average molecular weight is 460 g/mol. The van der Waals surface area contributed by atoms with Crippen molar-refractivity contribution >= 4 is 40.5 Å². The first-order chi connectivity index (χ1) is 16.3. The van der Waals surface area contributed by atoms with E-state index in [1.165, 1.54) is 0 Å². The number of phenolic OH excluding ortho intramolecular Hbond substituents is 1. The molecule has 1 heterocycles. The first kappa shape index (κ1) is 23.0. The maximum absolute atomic E-state index is 13.1. The number of aromatic hydroxyl groups is 1. The van der Waals surface area contributed by atoms with Crippen LogP contribution in [0.5, 0.6) is 5.75 Å². The van der Waals surface area contributed by atoms with Gasteiger partial charge in [0.05, 0.1) is 16.8 Å². The van der Waals surface area contributed by atoms with Crippen molar-refractivity contribution in [3.05, 3.63) is 70.9 Å². The second kappa shape index (κ2) is 9.74. The van der Waals surface area contributed by atoms with Crippen LogP contribution >= 0.6 is 0 Å². The Morgan fingerprint density at radius 2 is 1.82 bits per heavy atom. The number of nitrogens with one attached hydrogen (secondary N) is 2. The number of aromatic nitrogens is 1. The van der Waals surface area contributed by atoms with Gasteiger partial charge in [0.2, 0.25) is 0 Å². The molecule has 4 rings (SSSR count). The van der Waals surface area contributed by atoms with Crippen molar-refractivity contribution in [2.45, 2.75) is 32.7 Å². The Kier molecular flexibility index (Phi) is 6.58. The number of hydrogen-bond acceptors (Lipinski definition) is 6. The molecule has 0 saturated heterocycles. The number of nitrogens with zero attached hydrogens (tertiary/aromatic N) is 1. The lowest BCUT2D eigenvalue weighted by atomic mass is 10.0. The summed E-state index contributed by atoms with van der Waals surface area (Å²) in [6.07, 6.45) is 3.28. The number of fused-ring (bicyclic) bond motifs is 2. The molecular formula is C26H25N3O5. The zero-order chi connectivity index (χ0) is 24.2. The fraction of sp³-hybridized carbons (Fsp3) is 0.231. The van der Waals surface area contributed by atoms with Crippen LogP contribution in [0.15, 0.2) is 48.5 Å². The summed E-state index contributed by atoms with van der Waals surface area (Å²) >= 11 is 0. The average Bonchev–Trinajstić information content (AvgIpc) is 3.18. The fourth-order valence-electron chi connectivity index (χ4n) is 3.95. The molecule has 2 aromatic carbocycles. The molecule has 34 heavy (non-hydrogen) atoms. The highest BCUT2D eigenvalue weighted by Crippen LogP contribution is 2.37. The molecule has 174 valence electrons. The highest BCUT2D eigenvalue weighted by Gasteiger charge is 2.28. The number of imide groups is 1. The van der Waals surface area contributed by atoms with Gasteiger partial charge >= 0.3 is 12.0 Å². The predicted octanol–water partition coefficient (Wildman–Crippen LogP) is 3.82. The van der Waals surface area contributed by atoms with Gasteiger partial charge in [-0.1, -0.05) is 30.3 Å². The Bertz CT molecular complexity index is 1300. The smallest absolute Gasteiger partial charge is 0.339 e. The summed E-state index contributed by atoms with van der Waals surface area (Å²) in [5.41, 5.74) is 4.41. The Hall–Kier alpha value is -4.20. The van der Waals surface area contributed by atoms with Crippen LogP contribution in [0, 0.1) is 0 Å². The van der Waals surface area contributed by atoms with Crippen LogP contribution in [0.4, 0.5) is 4.79 Å². The lowest BCUT2D eigenvalue weighted by Gasteiger charge is -2.13. The minimum atomic E-state index is -0.713. The number of benzene rings is 2. The van der Waals surface area contributed by atoms with Gasteiger partial charge in [-0.2, -0.15) is 0 Å².